The van der Waals surface area contributed by atoms with Crippen LogP contribution in [0.4, 0.5) is 0 Å². The molecule has 0 aromatic rings. The van der Waals surface area contributed by atoms with Crippen molar-refractivity contribution >= 4 is 0 Å². The summed E-state index contributed by atoms with van der Waals surface area (Å²) in [5.41, 5.74) is 3.46. The molecule has 8 fully saturated rings. The highest BCUT2D eigenvalue weighted by atomic mass is 14.9. The molecule has 0 aliphatic heterocycles. The van der Waals surface area contributed by atoms with Gasteiger partial charge in [0.2, 0.25) is 0 Å². The van der Waals surface area contributed by atoms with E-state index < -0.39 is 0 Å². The lowest BCUT2D eigenvalue weighted by Crippen LogP contribution is -2.21. The molecule has 4 bridgehead atoms. The molecule has 0 amide bonds. The Balaban J connectivity index is 1.73. The molecule has 16 heavy (non-hydrogen) atoms. The van der Waals surface area contributed by atoms with E-state index in [4.69, 9.17) is 0 Å². The monoisotopic (exact) mass is 208 g/mol. The highest BCUT2D eigenvalue weighted by Gasteiger charge is 2.90. The standard InChI is InChI=1S/C16H16/c1-3-5-9-11-6(3)12-10(5)14-8-4(2)7(13(9)14)15(11)16(8)12/h5-16H,1-2H2. The minimum atomic E-state index is 1.01. The van der Waals surface area contributed by atoms with Crippen molar-refractivity contribution in [2.24, 2.45) is 71.0 Å². The van der Waals surface area contributed by atoms with Gasteiger partial charge in [0.05, 0.1) is 0 Å². The first-order valence-electron chi connectivity index (χ1n) is 7.20. The minimum absolute atomic E-state index is 1.01. The summed E-state index contributed by atoms with van der Waals surface area (Å²) in [6.45, 7) is 9.01. The Morgan fingerprint density at radius 2 is 0.625 bits per heavy atom. The number of hydrogen-bond acceptors (Lipinski definition) is 0. The van der Waals surface area contributed by atoms with Crippen molar-refractivity contribution in [3.63, 3.8) is 0 Å². The van der Waals surface area contributed by atoms with Crippen molar-refractivity contribution in [2.45, 2.75) is 0 Å². The zero-order valence-corrected chi connectivity index (χ0v) is 9.34. The van der Waals surface area contributed by atoms with Crippen LogP contribution >= 0.6 is 0 Å². The van der Waals surface area contributed by atoms with E-state index in [1.54, 1.807) is 11.1 Å². The van der Waals surface area contributed by atoms with E-state index in [2.05, 4.69) is 13.2 Å². The molecule has 8 aliphatic carbocycles. The average molecular weight is 208 g/mol. The van der Waals surface area contributed by atoms with Crippen LogP contribution in [-0.4, -0.2) is 0 Å². The predicted octanol–water partition coefficient (Wildman–Crippen LogP) is 2.59. The lowest BCUT2D eigenvalue weighted by atomic mass is 9.80. The Morgan fingerprint density at radius 1 is 0.438 bits per heavy atom. The van der Waals surface area contributed by atoms with E-state index in [1.807, 2.05) is 0 Å². The van der Waals surface area contributed by atoms with E-state index in [9.17, 15) is 0 Å². The van der Waals surface area contributed by atoms with Gasteiger partial charge in [0.1, 0.15) is 0 Å². The molecule has 0 N–H and O–H groups in total. The molecule has 0 aromatic heterocycles. The van der Waals surface area contributed by atoms with Crippen LogP contribution in [0.3, 0.4) is 0 Å². The molecular weight excluding hydrogens is 192 g/mol. The molecule has 80 valence electrons. The first kappa shape index (κ1) is 7.03. The number of allylic oxidation sites excluding steroid dienone is 2. The van der Waals surface area contributed by atoms with E-state index in [0.717, 1.165) is 71.0 Å². The van der Waals surface area contributed by atoms with Gasteiger partial charge in [0.15, 0.2) is 0 Å². The fraction of sp³-hybridized carbons (Fsp3) is 0.750. The molecule has 0 saturated heterocycles. The maximum atomic E-state index is 4.51. The Hall–Kier alpha value is -0.520. The van der Waals surface area contributed by atoms with Crippen molar-refractivity contribution in [3.8, 4) is 0 Å². The second-order valence-electron chi connectivity index (χ2n) is 7.87. The Bertz CT molecular complexity index is 388. The second kappa shape index (κ2) is 1.53. The molecule has 0 aromatic carbocycles. The Labute approximate surface area is 95.8 Å². The summed E-state index contributed by atoms with van der Waals surface area (Å²) in [4.78, 5) is 0. The number of rotatable bonds is 0. The number of hydrogen-bond donors (Lipinski definition) is 0. The molecule has 0 heteroatoms. The summed E-state index contributed by atoms with van der Waals surface area (Å²) in [6, 6.07) is 0. The highest BCUT2D eigenvalue weighted by molar-refractivity contribution is 5.50. The summed E-state index contributed by atoms with van der Waals surface area (Å²) in [6.07, 6.45) is 0. The summed E-state index contributed by atoms with van der Waals surface area (Å²) in [5.74, 6) is 12.9. The van der Waals surface area contributed by atoms with Gasteiger partial charge in [0, 0.05) is 0 Å². The average Bonchev–Trinajstić information content (AvgIpc) is 2.90. The van der Waals surface area contributed by atoms with Gasteiger partial charge in [-0.15, -0.1) is 0 Å². The summed E-state index contributed by atoms with van der Waals surface area (Å²) < 4.78 is 0. The van der Waals surface area contributed by atoms with Gasteiger partial charge in [-0.25, -0.2) is 0 Å². The topological polar surface area (TPSA) is 0 Å². The molecule has 0 unspecified atom stereocenters. The van der Waals surface area contributed by atoms with E-state index >= 15 is 0 Å². The quantitative estimate of drug-likeness (QED) is 0.537. The molecule has 0 atom stereocenters. The fourth-order valence-electron chi connectivity index (χ4n) is 9.33. The van der Waals surface area contributed by atoms with E-state index in [1.165, 1.54) is 0 Å². The third-order valence-corrected chi connectivity index (χ3v) is 8.59. The second-order valence-corrected chi connectivity index (χ2v) is 7.87. The van der Waals surface area contributed by atoms with Crippen LogP contribution in [0, 0.1) is 71.0 Å². The summed E-state index contributed by atoms with van der Waals surface area (Å²) >= 11 is 0. The maximum absolute atomic E-state index is 4.51. The third-order valence-electron chi connectivity index (χ3n) is 8.59. The van der Waals surface area contributed by atoms with Gasteiger partial charge in [-0.2, -0.15) is 0 Å². The van der Waals surface area contributed by atoms with Crippen molar-refractivity contribution in [3.05, 3.63) is 24.3 Å². The van der Waals surface area contributed by atoms with Crippen LogP contribution in [0.2, 0.25) is 0 Å². The van der Waals surface area contributed by atoms with Crippen molar-refractivity contribution in [1.29, 1.82) is 0 Å². The predicted molar refractivity (Wildman–Crippen MR) is 60.2 cm³/mol. The molecule has 0 radical (unpaired) electrons. The lowest BCUT2D eigenvalue weighted by molar-refractivity contribution is 0.220. The maximum Gasteiger partial charge on any atom is -0.0134 e. The zero-order chi connectivity index (χ0) is 10.1. The highest BCUT2D eigenvalue weighted by Crippen LogP contribution is 2.94. The van der Waals surface area contributed by atoms with Crippen molar-refractivity contribution in [2.75, 3.05) is 0 Å². The van der Waals surface area contributed by atoms with Crippen LogP contribution < -0.4 is 0 Å². The lowest BCUT2D eigenvalue weighted by Gasteiger charge is -2.24. The van der Waals surface area contributed by atoms with Crippen LogP contribution in [0.25, 0.3) is 0 Å². The molecule has 8 rings (SSSR count). The molecule has 0 nitrogen and oxygen atoms in total. The SMILES string of the molecule is C=C1C2C3C4C1C1C2C2C5C(=C)C(C32)C4C51. The first-order chi connectivity index (χ1) is 7.82. The van der Waals surface area contributed by atoms with E-state index in [-0.39, 0.29) is 0 Å². The van der Waals surface area contributed by atoms with Gasteiger partial charge in [-0.05, 0) is 71.0 Å². The molecule has 8 aliphatic rings. The van der Waals surface area contributed by atoms with Crippen molar-refractivity contribution < 1.29 is 0 Å². The molecular formula is C16H16. The minimum Gasteiger partial charge on any atom is -0.0993 e. The van der Waals surface area contributed by atoms with Crippen LogP contribution in [0.5, 0.6) is 0 Å². The van der Waals surface area contributed by atoms with Gasteiger partial charge < -0.3 is 0 Å². The van der Waals surface area contributed by atoms with Gasteiger partial charge >= 0.3 is 0 Å². The van der Waals surface area contributed by atoms with Crippen molar-refractivity contribution in [1.82, 2.24) is 0 Å². The van der Waals surface area contributed by atoms with Gasteiger partial charge in [-0.1, -0.05) is 24.3 Å². The van der Waals surface area contributed by atoms with E-state index in [0.29, 0.717) is 0 Å². The van der Waals surface area contributed by atoms with Crippen LogP contribution in [0.15, 0.2) is 24.3 Å². The largest absolute Gasteiger partial charge is 0.0993 e. The molecule has 0 spiro atoms. The molecule has 8 saturated carbocycles. The normalized spacial score (nSPS) is 85.8. The first-order valence-corrected chi connectivity index (χ1v) is 7.20. The van der Waals surface area contributed by atoms with Gasteiger partial charge in [-0.3, -0.25) is 0 Å². The Morgan fingerprint density at radius 3 is 0.812 bits per heavy atom. The van der Waals surface area contributed by atoms with Gasteiger partial charge in [0.25, 0.3) is 0 Å². The van der Waals surface area contributed by atoms with Crippen LogP contribution in [-0.2, 0) is 0 Å². The summed E-state index contributed by atoms with van der Waals surface area (Å²) in [5, 5.41) is 0. The zero-order valence-electron chi connectivity index (χ0n) is 9.34. The fourth-order valence-corrected chi connectivity index (χ4v) is 9.33. The summed E-state index contributed by atoms with van der Waals surface area (Å²) in [7, 11) is 0. The van der Waals surface area contributed by atoms with Crippen LogP contribution in [0.1, 0.15) is 0 Å². The Kier molecular flexibility index (Phi) is 0.672. The molecule has 0 heterocycles. The smallest absolute Gasteiger partial charge is 0.0134 e. The third kappa shape index (κ3) is 0.332.